The van der Waals surface area contributed by atoms with E-state index in [1.165, 1.54) is 24.4 Å². The summed E-state index contributed by atoms with van der Waals surface area (Å²) in [5.41, 5.74) is -2.60. The monoisotopic (exact) mass is 611 g/mol. The topological polar surface area (TPSA) is 120 Å². The van der Waals surface area contributed by atoms with Crippen molar-refractivity contribution in [3.8, 4) is 17.1 Å². The second-order valence-electron chi connectivity index (χ2n) is 8.75. The molecule has 0 aliphatic carbocycles. The van der Waals surface area contributed by atoms with Gasteiger partial charge in [0.25, 0.3) is 12.3 Å². The van der Waals surface area contributed by atoms with Crippen molar-refractivity contribution in [3.05, 3.63) is 76.2 Å². The number of carbonyl (C=O) groups excluding carboxylic acids is 1. The number of amides is 1. The van der Waals surface area contributed by atoms with E-state index in [1.807, 2.05) is 0 Å². The number of rotatable bonds is 7. The van der Waals surface area contributed by atoms with Crippen LogP contribution in [0.1, 0.15) is 47.4 Å². The summed E-state index contributed by atoms with van der Waals surface area (Å²) in [6, 6.07) is 8.88. The predicted molar refractivity (Wildman–Crippen MR) is 143 cm³/mol. The molecule has 0 bridgehead atoms. The van der Waals surface area contributed by atoms with Gasteiger partial charge in [0.1, 0.15) is 5.69 Å². The Hall–Kier alpha value is -3.81. The number of aromatic nitrogens is 3. The fraction of sp³-hybridized carbons (Fsp3) is 0.259. The summed E-state index contributed by atoms with van der Waals surface area (Å²) >= 11 is 6.21. The lowest BCUT2D eigenvalue weighted by Crippen LogP contribution is -2.24. The molecular formula is C27H22ClF3N4O5S. The summed E-state index contributed by atoms with van der Waals surface area (Å²) in [4.78, 5) is 24.9. The highest BCUT2D eigenvalue weighted by Gasteiger charge is 2.34. The highest BCUT2D eigenvalue weighted by molar-refractivity contribution is 7.92. The van der Waals surface area contributed by atoms with E-state index in [0.29, 0.717) is 10.9 Å². The molecule has 3 aromatic heterocycles. The molecule has 0 saturated heterocycles. The molecule has 1 aliphatic heterocycles. The molecule has 214 valence electrons. The van der Waals surface area contributed by atoms with Crippen LogP contribution in [0.4, 0.5) is 13.2 Å². The van der Waals surface area contributed by atoms with Crippen LogP contribution >= 0.6 is 11.6 Å². The molecule has 41 heavy (non-hydrogen) atoms. The number of carbonyl (C=O) groups is 1. The van der Waals surface area contributed by atoms with Crippen LogP contribution in [0.15, 0.2) is 53.6 Å². The normalized spacial score (nSPS) is 18.8. The Kier molecular flexibility index (Phi) is 6.45. The molecule has 5 rings (SSSR count). The third kappa shape index (κ3) is 5.83. The summed E-state index contributed by atoms with van der Waals surface area (Å²) < 4.78 is 114. The van der Waals surface area contributed by atoms with Crippen molar-refractivity contribution in [2.45, 2.75) is 36.8 Å². The molecule has 1 aliphatic rings. The van der Waals surface area contributed by atoms with Crippen molar-refractivity contribution < 1.29 is 42.7 Å². The van der Waals surface area contributed by atoms with E-state index >= 15 is 0 Å². The van der Waals surface area contributed by atoms with Crippen LogP contribution in [0.25, 0.3) is 22.2 Å². The van der Waals surface area contributed by atoms with Gasteiger partial charge in [-0.25, -0.2) is 31.6 Å². The van der Waals surface area contributed by atoms with E-state index in [0.717, 1.165) is 18.2 Å². The minimum absolute atomic E-state index is 0.0404. The number of sulfone groups is 1. The van der Waals surface area contributed by atoms with Crippen molar-refractivity contribution in [1.82, 2.24) is 20.3 Å². The number of pyridine rings is 3. The van der Waals surface area contributed by atoms with E-state index in [1.54, 1.807) is 6.07 Å². The molecule has 4 heterocycles. The number of hydrogen-bond acceptors (Lipinski definition) is 8. The highest BCUT2D eigenvalue weighted by Crippen LogP contribution is 2.33. The molecule has 1 N–H and O–H groups in total. The van der Waals surface area contributed by atoms with Crippen LogP contribution < -0.4 is 10.1 Å². The maximum Gasteiger partial charge on any atom is 0.280 e. The Morgan fingerprint density at radius 3 is 2.88 bits per heavy atom. The van der Waals surface area contributed by atoms with Gasteiger partial charge in [-0.05, 0) is 49.3 Å². The molecule has 1 aromatic carbocycles. The Balaban J connectivity index is 1.42. The summed E-state index contributed by atoms with van der Waals surface area (Å²) in [7, 11) is -4.46. The minimum Gasteiger partial charge on any atom is -0.477 e. The molecule has 0 saturated carbocycles. The van der Waals surface area contributed by atoms with E-state index in [2.05, 4.69) is 20.3 Å². The van der Waals surface area contributed by atoms with Crippen LogP contribution in [-0.2, 0) is 27.7 Å². The van der Waals surface area contributed by atoms with E-state index in [4.69, 9.17) is 27.9 Å². The molecule has 9 nitrogen and oxygen atoms in total. The Bertz CT molecular complexity index is 1950. The fourth-order valence-corrected chi connectivity index (χ4v) is 5.78. The molecule has 1 atom stereocenters. The molecule has 0 unspecified atom stereocenters. The number of nitrogens with one attached hydrogen (secondary N) is 1. The first-order valence-electron chi connectivity index (χ1n) is 14.3. The van der Waals surface area contributed by atoms with Crippen LogP contribution in [0.3, 0.4) is 0 Å². The number of halogens is 4. The SMILES string of the molecule is [2H]C([2H])([2H])C([2H])([2H])Oc1nc(C(F)F)ccc1-c1ccc2cnc(CNC(=O)c3cc(Cl)c4c(c3)S(=O)(=O)[C@@H](F)COC4)cc2n1. The van der Waals surface area contributed by atoms with Gasteiger partial charge in [-0.3, -0.25) is 9.78 Å². The second kappa shape index (κ2) is 11.6. The average Bonchev–Trinajstić information content (AvgIpc) is 3.09. The van der Waals surface area contributed by atoms with Gasteiger partial charge in [-0.1, -0.05) is 11.6 Å². The Morgan fingerprint density at radius 1 is 1.27 bits per heavy atom. The van der Waals surface area contributed by atoms with E-state index in [9.17, 15) is 26.4 Å². The summed E-state index contributed by atoms with van der Waals surface area (Å²) in [6.45, 7) is -7.64. The van der Waals surface area contributed by atoms with Gasteiger partial charge in [0, 0.05) is 31.8 Å². The zero-order valence-corrected chi connectivity index (χ0v) is 22.3. The number of benzene rings is 1. The number of ether oxygens (including phenoxy) is 2. The largest absolute Gasteiger partial charge is 0.477 e. The summed E-state index contributed by atoms with van der Waals surface area (Å²) in [5.74, 6) is -1.45. The van der Waals surface area contributed by atoms with E-state index < -0.39 is 64.2 Å². The quantitative estimate of drug-likeness (QED) is 0.302. The molecule has 14 heteroatoms. The maximum absolute atomic E-state index is 14.2. The second-order valence-corrected chi connectivity index (χ2v) is 11.2. The third-order valence-electron chi connectivity index (χ3n) is 6.14. The van der Waals surface area contributed by atoms with Gasteiger partial charge in [0.05, 0.1) is 56.4 Å². The summed E-state index contributed by atoms with van der Waals surface area (Å²) in [5, 5.41) is 3.00. The van der Waals surface area contributed by atoms with Crippen LogP contribution in [0, 0.1) is 0 Å². The third-order valence-corrected chi connectivity index (χ3v) is 8.27. The number of hydrogen-bond donors (Lipinski definition) is 1. The molecular weight excluding hydrogens is 585 g/mol. The lowest BCUT2D eigenvalue weighted by atomic mass is 10.1. The van der Waals surface area contributed by atoms with Crippen molar-refractivity contribution in [2.75, 3.05) is 13.2 Å². The molecule has 1 amide bonds. The van der Waals surface area contributed by atoms with Gasteiger partial charge in [-0.2, -0.15) is 0 Å². The minimum atomic E-state index is -4.46. The van der Waals surface area contributed by atoms with Crippen molar-refractivity contribution >= 4 is 38.2 Å². The maximum atomic E-state index is 14.2. The fourth-order valence-electron chi connectivity index (χ4n) is 4.09. The molecule has 4 aromatic rings. The predicted octanol–water partition coefficient (Wildman–Crippen LogP) is 5.21. The highest BCUT2D eigenvalue weighted by atomic mass is 35.5. The smallest absolute Gasteiger partial charge is 0.280 e. The molecule has 0 fully saturated rings. The first-order chi connectivity index (χ1) is 21.5. The van der Waals surface area contributed by atoms with Crippen LogP contribution in [0.2, 0.25) is 5.02 Å². The van der Waals surface area contributed by atoms with Crippen molar-refractivity contribution in [1.29, 1.82) is 0 Å². The summed E-state index contributed by atoms with van der Waals surface area (Å²) in [6.07, 6.45) is -1.62. The molecule has 0 radical (unpaired) electrons. The van der Waals surface area contributed by atoms with Crippen molar-refractivity contribution in [3.63, 3.8) is 0 Å². The first-order valence-corrected chi connectivity index (χ1v) is 13.7. The van der Waals surface area contributed by atoms with E-state index in [-0.39, 0.29) is 46.3 Å². The van der Waals surface area contributed by atoms with Gasteiger partial charge in [-0.15, -0.1) is 0 Å². The lowest BCUT2D eigenvalue weighted by Gasteiger charge is -2.12. The number of alkyl halides is 3. The zero-order valence-electron chi connectivity index (χ0n) is 25.7. The van der Waals surface area contributed by atoms with Gasteiger partial charge < -0.3 is 14.8 Å². The van der Waals surface area contributed by atoms with Crippen molar-refractivity contribution in [2.24, 2.45) is 0 Å². The van der Waals surface area contributed by atoms with Crippen LogP contribution in [-0.4, -0.2) is 47.9 Å². The molecule has 0 spiro atoms. The van der Waals surface area contributed by atoms with Gasteiger partial charge in [0.2, 0.25) is 21.2 Å². The number of nitrogens with zero attached hydrogens (tertiary/aromatic N) is 3. The zero-order chi connectivity index (χ0) is 33.6. The standard InChI is InChI=1S/C27H22ClF3N4O5S/c1-2-40-27-17(4-6-21(35-27)25(30)31)20-5-3-14-10-32-16(9-22(14)34-20)11-33-26(36)15-7-19(28)18-12-39-13-24(29)41(37,38)23(18)8-15/h3-10,24-25H,2,11-13H2,1H3,(H,33,36)/t24-/m1/s1/i1D3,2D2. The Morgan fingerprint density at radius 2 is 2.10 bits per heavy atom. The van der Waals surface area contributed by atoms with Crippen LogP contribution in [0.5, 0.6) is 5.88 Å². The number of fused-ring (bicyclic) bond motifs is 2. The van der Waals surface area contributed by atoms with Gasteiger partial charge in [0.15, 0.2) is 0 Å². The lowest BCUT2D eigenvalue weighted by molar-refractivity contribution is 0.0947. The first kappa shape index (κ1) is 22.8. The van der Waals surface area contributed by atoms with Gasteiger partial charge >= 0.3 is 0 Å². The average molecular weight is 612 g/mol. The Labute approximate surface area is 244 Å².